The van der Waals surface area contributed by atoms with Crippen LogP contribution in [-0.2, 0) is 0 Å². The highest BCUT2D eigenvalue weighted by atomic mass is 14.9. The van der Waals surface area contributed by atoms with Crippen molar-refractivity contribution in [2.75, 3.05) is 0 Å². The number of benzene rings is 4. The van der Waals surface area contributed by atoms with Gasteiger partial charge < -0.3 is 9.97 Å². The SMILES string of the molecule is C[B]c1ccc2c(c1)c1ccccc1c1nc(-c3c(C)[nH]c4ccccc34)[nH]c21. The quantitative estimate of drug-likeness (QED) is 0.297. The lowest BCUT2D eigenvalue weighted by Gasteiger charge is -2.07. The molecular formula is C25H19BN3. The van der Waals surface area contributed by atoms with Gasteiger partial charge in [-0.15, -0.1) is 0 Å². The van der Waals surface area contributed by atoms with E-state index >= 15 is 0 Å². The van der Waals surface area contributed by atoms with Crippen molar-refractivity contribution in [2.24, 2.45) is 0 Å². The number of aromatic nitrogens is 3. The monoisotopic (exact) mass is 372 g/mol. The molecule has 0 amide bonds. The Morgan fingerprint density at radius 1 is 0.759 bits per heavy atom. The van der Waals surface area contributed by atoms with Crippen LogP contribution >= 0.6 is 0 Å². The van der Waals surface area contributed by atoms with Crippen LogP contribution in [0.4, 0.5) is 0 Å². The first-order valence-corrected chi connectivity index (χ1v) is 9.96. The molecule has 0 unspecified atom stereocenters. The fourth-order valence-corrected chi connectivity index (χ4v) is 4.57. The van der Waals surface area contributed by atoms with Gasteiger partial charge in [0.25, 0.3) is 0 Å². The molecule has 3 nitrogen and oxygen atoms in total. The molecular weight excluding hydrogens is 353 g/mol. The van der Waals surface area contributed by atoms with E-state index < -0.39 is 0 Å². The average molecular weight is 372 g/mol. The number of fused-ring (bicyclic) bond motifs is 7. The Hall–Kier alpha value is -3.53. The fourth-order valence-electron chi connectivity index (χ4n) is 4.57. The molecule has 1 radical (unpaired) electrons. The van der Waals surface area contributed by atoms with Crippen LogP contribution in [0, 0.1) is 6.92 Å². The molecule has 6 rings (SSSR count). The number of para-hydroxylation sites is 1. The van der Waals surface area contributed by atoms with E-state index in [1.807, 2.05) is 0 Å². The van der Waals surface area contributed by atoms with Crippen LogP contribution in [-0.4, -0.2) is 22.2 Å². The molecule has 29 heavy (non-hydrogen) atoms. The topological polar surface area (TPSA) is 44.5 Å². The lowest BCUT2D eigenvalue weighted by molar-refractivity contribution is 1.26. The summed E-state index contributed by atoms with van der Waals surface area (Å²) in [6, 6.07) is 23.6. The first kappa shape index (κ1) is 16.4. The van der Waals surface area contributed by atoms with E-state index in [4.69, 9.17) is 4.98 Å². The molecule has 137 valence electrons. The molecule has 0 saturated heterocycles. The Balaban J connectivity index is 1.77. The first-order chi connectivity index (χ1) is 14.2. The van der Waals surface area contributed by atoms with Crippen LogP contribution in [0.1, 0.15) is 5.69 Å². The minimum atomic E-state index is 0.915. The summed E-state index contributed by atoms with van der Waals surface area (Å²) in [5, 5.41) is 6.09. The van der Waals surface area contributed by atoms with E-state index in [2.05, 4.69) is 97.7 Å². The Morgan fingerprint density at radius 2 is 1.52 bits per heavy atom. The summed E-state index contributed by atoms with van der Waals surface area (Å²) in [6.07, 6.45) is 0. The smallest absolute Gasteiger partial charge is 0.148 e. The summed E-state index contributed by atoms with van der Waals surface area (Å²) in [4.78, 5) is 12.3. The molecule has 0 spiro atoms. The Morgan fingerprint density at radius 3 is 2.34 bits per heavy atom. The van der Waals surface area contributed by atoms with E-state index in [0.717, 1.165) is 33.6 Å². The highest BCUT2D eigenvalue weighted by Gasteiger charge is 2.17. The zero-order valence-electron chi connectivity index (χ0n) is 16.4. The van der Waals surface area contributed by atoms with Gasteiger partial charge in [-0.05, 0) is 23.8 Å². The van der Waals surface area contributed by atoms with Gasteiger partial charge >= 0.3 is 0 Å². The van der Waals surface area contributed by atoms with E-state index in [9.17, 15) is 0 Å². The Kier molecular flexibility index (Phi) is 3.39. The van der Waals surface area contributed by atoms with Gasteiger partial charge in [0.05, 0.1) is 11.0 Å². The predicted molar refractivity (Wildman–Crippen MR) is 124 cm³/mol. The van der Waals surface area contributed by atoms with Crippen LogP contribution < -0.4 is 5.46 Å². The van der Waals surface area contributed by atoms with Crippen molar-refractivity contribution in [1.82, 2.24) is 15.0 Å². The molecule has 2 heterocycles. The molecule has 2 aromatic heterocycles. The summed E-state index contributed by atoms with van der Waals surface area (Å²) in [5.74, 6) is 0.915. The maximum atomic E-state index is 5.10. The molecule has 0 fully saturated rings. The van der Waals surface area contributed by atoms with Crippen LogP contribution in [0.5, 0.6) is 0 Å². The largest absolute Gasteiger partial charge is 0.358 e. The second-order valence-electron chi connectivity index (χ2n) is 7.62. The molecule has 0 bridgehead atoms. The van der Waals surface area contributed by atoms with Crippen LogP contribution in [0.3, 0.4) is 0 Å². The molecule has 0 aliphatic rings. The van der Waals surface area contributed by atoms with Crippen molar-refractivity contribution in [2.45, 2.75) is 13.7 Å². The standard InChI is InChI=1S/C25H19BN3/c1-14-22(19-9-5-6-10-21(19)27-14)25-28-23-17-8-4-3-7-16(17)20-13-15(26-2)11-12-18(20)24(23)29-25/h3-13,27H,1-2H3,(H,28,29). The zero-order valence-corrected chi connectivity index (χ0v) is 16.4. The summed E-state index contributed by atoms with van der Waals surface area (Å²) in [5.41, 5.74) is 6.77. The molecule has 0 atom stereocenters. The maximum absolute atomic E-state index is 5.10. The van der Waals surface area contributed by atoms with Crippen molar-refractivity contribution in [1.29, 1.82) is 0 Å². The molecule has 0 aliphatic carbocycles. The van der Waals surface area contributed by atoms with Crippen molar-refractivity contribution >= 4 is 56.2 Å². The van der Waals surface area contributed by atoms with Crippen LogP contribution in [0.15, 0.2) is 66.7 Å². The lowest BCUT2D eigenvalue weighted by Crippen LogP contribution is -2.09. The predicted octanol–water partition coefficient (Wildman–Crippen LogP) is 5.70. The van der Waals surface area contributed by atoms with Gasteiger partial charge in [0.15, 0.2) is 0 Å². The number of nitrogens with zero attached hydrogens (tertiary/aromatic N) is 1. The molecule has 0 aliphatic heterocycles. The van der Waals surface area contributed by atoms with Gasteiger partial charge in [-0.1, -0.05) is 72.9 Å². The normalized spacial score (nSPS) is 11.8. The summed E-state index contributed by atoms with van der Waals surface area (Å²) in [7, 11) is 2.14. The van der Waals surface area contributed by atoms with Crippen molar-refractivity contribution < 1.29 is 0 Å². The second-order valence-corrected chi connectivity index (χ2v) is 7.62. The third-order valence-electron chi connectivity index (χ3n) is 5.95. The minimum absolute atomic E-state index is 0.915. The van der Waals surface area contributed by atoms with Gasteiger partial charge in [0.2, 0.25) is 0 Å². The minimum Gasteiger partial charge on any atom is -0.358 e. The van der Waals surface area contributed by atoms with Crippen LogP contribution in [0.25, 0.3) is 54.9 Å². The van der Waals surface area contributed by atoms with Gasteiger partial charge in [0.1, 0.15) is 13.1 Å². The number of imidazole rings is 1. The van der Waals surface area contributed by atoms with Crippen molar-refractivity contribution in [3.05, 3.63) is 72.4 Å². The molecule has 4 heteroatoms. The highest BCUT2D eigenvalue weighted by molar-refractivity contribution is 6.52. The number of rotatable bonds is 2. The van der Waals surface area contributed by atoms with E-state index in [1.165, 1.54) is 32.4 Å². The lowest BCUT2D eigenvalue weighted by atomic mass is 9.72. The van der Waals surface area contributed by atoms with Gasteiger partial charge in [0, 0.05) is 32.9 Å². The van der Waals surface area contributed by atoms with E-state index in [1.54, 1.807) is 0 Å². The Labute approximate surface area is 169 Å². The zero-order chi connectivity index (χ0) is 19.5. The summed E-state index contributed by atoms with van der Waals surface area (Å²) >= 11 is 0. The van der Waals surface area contributed by atoms with E-state index in [0.29, 0.717) is 0 Å². The molecule has 6 aromatic rings. The number of nitrogens with one attached hydrogen (secondary N) is 2. The van der Waals surface area contributed by atoms with Gasteiger partial charge in [-0.3, -0.25) is 0 Å². The molecule has 2 N–H and O–H groups in total. The van der Waals surface area contributed by atoms with Crippen molar-refractivity contribution in [3.63, 3.8) is 0 Å². The molecule has 0 saturated carbocycles. The number of hydrogen-bond donors (Lipinski definition) is 2. The van der Waals surface area contributed by atoms with Gasteiger partial charge in [-0.25, -0.2) is 4.98 Å². The van der Waals surface area contributed by atoms with Crippen molar-refractivity contribution in [3.8, 4) is 11.4 Å². The summed E-state index contributed by atoms with van der Waals surface area (Å²) in [6.45, 7) is 4.19. The third-order valence-corrected chi connectivity index (χ3v) is 5.95. The number of hydrogen-bond acceptors (Lipinski definition) is 1. The summed E-state index contributed by atoms with van der Waals surface area (Å²) < 4.78 is 0. The molecule has 4 aromatic carbocycles. The Bertz CT molecular complexity index is 1560. The van der Waals surface area contributed by atoms with Crippen LogP contribution in [0.2, 0.25) is 6.82 Å². The second kappa shape index (κ2) is 5.98. The van der Waals surface area contributed by atoms with E-state index in [-0.39, 0.29) is 0 Å². The number of aryl methyl sites for hydroxylation is 1. The average Bonchev–Trinajstić information content (AvgIpc) is 3.34. The highest BCUT2D eigenvalue weighted by Crippen LogP contribution is 2.37. The first-order valence-electron chi connectivity index (χ1n) is 9.96. The third kappa shape index (κ3) is 2.29. The maximum Gasteiger partial charge on any atom is 0.148 e. The number of H-pyrrole nitrogens is 2. The number of aromatic amines is 2. The van der Waals surface area contributed by atoms with Gasteiger partial charge in [-0.2, -0.15) is 0 Å². The fraction of sp³-hybridized carbons (Fsp3) is 0.0800.